The van der Waals surface area contributed by atoms with E-state index in [0.29, 0.717) is 17.9 Å². The van der Waals surface area contributed by atoms with Gasteiger partial charge in [0.25, 0.3) is 0 Å². The van der Waals surface area contributed by atoms with E-state index in [0.717, 1.165) is 53.6 Å². The summed E-state index contributed by atoms with van der Waals surface area (Å²) in [7, 11) is 3.24. The van der Waals surface area contributed by atoms with Gasteiger partial charge in [0.2, 0.25) is 0 Å². The fourth-order valence-corrected chi connectivity index (χ4v) is 4.67. The van der Waals surface area contributed by atoms with Crippen LogP contribution in [0.4, 0.5) is 5.82 Å². The van der Waals surface area contributed by atoms with Gasteiger partial charge in [-0.25, -0.2) is 14.8 Å². The van der Waals surface area contributed by atoms with Crippen molar-refractivity contribution in [2.45, 2.75) is 39.3 Å². The Morgan fingerprint density at radius 3 is 2.39 bits per heavy atom. The largest absolute Gasteiger partial charge is 0.465 e. The summed E-state index contributed by atoms with van der Waals surface area (Å²) in [5.74, 6) is 1.38. The minimum absolute atomic E-state index is 0.373. The van der Waals surface area contributed by atoms with E-state index < -0.39 is 0 Å². The Labute approximate surface area is 210 Å². The van der Waals surface area contributed by atoms with Crippen molar-refractivity contribution in [3.8, 4) is 0 Å². The quantitative estimate of drug-likeness (QED) is 0.275. The van der Waals surface area contributed by atoms with Crippen molar-refractivity contribution in [2.75, 3.05) is 19.5 Å². The van der Waals surface area contributed by atoms with Crippen molar-refractivity contribution in [3.05, 3.63) is 89.5 Å². The lowest BCUT2D eigenvalue weighted by molar-refractivity contribution is 0.0601. The van der Waals surface area contributed by atoms with E-state index >= 15 is 0 Å². The Kier molecular flexibility index (Phi) is 6.71. The van der Waals surface area contributed by atoms with Crippen LogP contribution in [0.5, 0.6) is 0 Å². The number of carbonyl (C=O) groups is 1. The fraction of sp³-hybridized carbons (Fsp3) is 0.276. The molecule has 0 amide bonds. The molecule has 7 heteroatoms. The third-order valence-corrected chi connectivity index (χ3v) is 6.56. The van der Waals surface area contributed by atoms with E-state index in [9.17, 15) is 4.79 Å². The molecule has 0 bridgehead atoms. The zero-order chi connectivity index (χ0) is 25.1. The van der Waals surface area contributed by atoms with Crippen LogP contribution >= 0.6 is 0 Å². The molecule has 7 nitrogen and oxygen atoms in total. The number of fused-ring (bicyclic) bond motifs is 3. The summed E-state index contributed by atoms with van der Waals surface area (Å²) < 4.78 is 9.40. The van der Waals surface area contributed by atoms with E-state index in [4.69, 9.17) is 14.7 Å². The Hall–Kier alpha value is -4.13. The van der Waals surface area contributed by atoms with E-state index in [1.807, 2.05) is 25.2 Å². The summed E-state index contributed by atoms with van der Waals surface area (Å²) in [4.78, 5) is 22.0. The molecule has 0 unspecified atom stereocenters. The molecule has 36 heavy (non-hydrogen) atoms. The molecule has 0 atom stereocenters. The first-order valence-corrected chi connectivity index (χ1v) is 12.4. The number of methoxy groups -OCH3 is 1. The number of aryl methyl sites for hydroxylation is 1. The second kappa shape index (κ2) is 10.2. The zero-order valence-corrected chi connectivity index (χ0v) is 21.0. The highest BCUT2D eigenvalue weighted by atomic mass is 16.5. The first kappa shape index (κ1) is 23.6. The molecule has 0 fully saturated rings. The predicted octanol–water partition coefficient (Wildman–Crippen LogP) is 5.65. The number of nitrogens with zero attached hydrogens (tertiary/aromatic N) is 4. The lowest BCUT2D eigenvalue weighted by atomic mass is 10.1. The van der Waals surface area contributed by atoms with Crippen LogP contribution in [-0.4, -0.2) is 39.2 Å². The number of ether oxygens (including phenoxy) is 1. The number of pyridine rings is 1. The van der Waals surface area contributed by atoms with Crippen molar-refractivity contribution < 1.29 is 9.53 Å². The average Bonchev–Trinajstić information content (AvgIpc) is 3.55. The highest BCUT2D eigenvalue weighted by Crippen LogP contribution is 2.32. The minimum atomic E-state index is -0.373. The second-order valence-corrected chi connectivity index (χ2v) is 9.02. The van der Waals surface area contributed by atoms with Gasteiger partial charge in [0.15, 0.2) is 5.82 Å². The molecule has 5 aromatic rings. The fourth-order valence-electron chi connectivity index (χ4n) is 4.67. The number of anilines is 1. The zero-order valence-electron chi connectivity index (χ0n) is 21.0. The molecule has 0 saturated carbocycles. The molecule has 0 aliphatic heterocycles. The lowest BCUT2D eigenvalue weighted by Crippen LogP contribution is -2.07. The van der Waals surface area contributed by atoms with Crippen molar-refractivity contribution in [3.63, 3.8) is 0 Å². The number of esters is 1. The summed E-state index contributed by atoms with van der Waals surface area (Å²) in [6, 6.07) is 18.4. The van der Waals surface area contributed by atoms with Crippen LogP contribution in [0.2, 0.25) is 0 Å². The molecule has 0 spiro atoms. The molecule has 0 aliphatic carbocycles. The Morgan fingerprint density at radius 1 is 1.00 bits per heavy atom. The predicted molar refractivity (Wildman–Crippen MR) is 144 cm³/mol. The summed E-state index contributed by atoms with van der Waals surface area (Å²) in [6.45, 7) is 3.76. The maximum atomic E-state index is 12.1. The van der Waals surface area contributed by atoms with Crippen molar-refractivity contribution in [1.29, 1.82) is 0 Å². The van der Waals surface area contributed by atoms with Gasteiger partial charge in [-0.1, -0.05) is 37.6 Å². The number of imidazole rings is 1. The smallest absolute Gasteiger partial charge is 0.337 e. The van der Waals surface area contributed by atoms with Crippen LogP contribution in [0, 0.1) is 0 Å². The first-order valence-electron chi connectivity index (χ1n) is 12.4. The monoisotopic (exact) mass is 481 g/mol. The number of aromatic nitrogens is 4. The van der Waals surface area contributed by atoms with Crippen molar-refractivity contribution >= 4 is 33.7 Å². The van der Waals surface area contributed by atoms with Gasteiger partial charge in [0, 0.05) is 44.3 Å². The molecular formula is C29H31N5O2. The SMILES string of the molecule is CCCCc1nc2c(NC)nc3cc(C(=O)OC)ccc3c2n1Cc1ccc(Cn2cccc2)cc1. The first-order chi connectivity index (χ1) is 17.6. The number of hydrogen-bond donors (Lipinski definition) is 1. The van der Waals surface area contributed by atoms with Gasteiger partial charge in [-0.15, -0.1) is 0 Å². The van der Waals surface area contributed by atoms with Crippen LogP contribution in [0.25, 0.3) is 21.9 Å². The molecule has 2 aromatic carbocycles. The van der Waals surface area contributed by atoms with Gasteiger partial charge in [-0.2, -0.15) is 0 Å². The van der Waals surface area contributed by atoms with Crippen molar-refractivity contribution in [1.82, 2.24) is 19.1 Å². The topological polar surface area (TPSA) is 74.0 Å². The summed E-state index contributed by atoms with van der Waals surface area (Å²) in [5.41, 5.74) is 5.58. The molecule has 3 heterocycles. The van der Waals surface area contributed by atoms with Crippen molar-refractivity contribution in [2.24, 2.45) is 0 Å². The van der Waals surface area contributed by atoms with Gasteiger partial charge in [0.05, 0.1) is 23.7 Å². The van der Waals surface area contributed by atoms with Crippen LogP contribution < -0.4 is 5.32 Å². The van der Waals surface area contributed by atoms with Gasteiger partial charge in [-0.05, 0) is 47.9 Å². The number of nitrogens with one attached hydrogen (secondary N) is 1. The van der Waals surface area contributed by atoms with Crippen LogP contribution in [0.3, 0.4) is 0 Å². The molecular weight excluding hydrogens is 450 g/mol. The summed E-state index contributed by atoms with van der Waals surface area (Å²) in [6.07, 6.45) is 7.20. The standard InChI is InChI=1S/C29H31N5O2/c1-4-5-8-25-32-26-27(23-14-13-22(29(35)36-3)17-24(23)31-28(26)30-2)34(25)19-21-11-9-20(10-12-21)18-33-15-6-7-16-33/h6-7,9-17H,4-5,8,18-19H2,1-3H3,(H,30,31). The maximum Gasteiger partial charge on any atom is 0.337 e. The van der Waals surface area contributed by atoms with Crippen LogP contribution in [0.1, 0.15) is 47.1 Å². The van der Waals surface area contributed by atoms with Gasteiger partial charge >= 0.3 is 5.97 Å². The minimum Gasteiger partial charge on any atom is -0.465 e. The average molecular weight is 482 g/mol. The molecule has 1 N–H and O–H groups in total. The van der Waals surface area contributed by atoms with Crippen LogP contribution in [0.15, 0.2) is 67.0 Å². The lowest BCUT2D eigenvalue weighted by Gasteiger charge is -2.13. The second-order valence-electron chi connectivity index (χ2n) is 9.02. The summed E-state index contributed by atoms with van der Waals surface area (Å²) >= 11 is 0. The van der Waals surface area contributed by atoms with E-state index in [1.165, 1.54) is 18.2 Å². The van der Waals surface area contributed by atoms with Crippen LogP contribution in [-0.2, 0) is 24.2 Å². The van der Waals surface area contributed by atoms with E-state index in [1.54, 1.807) is 12.1 Å². The third kappa shape index (κ3) is 4.56. The number of rotatable bonds is 9. The molecule has 0 radical (unpaired) electrons. The molecule has 5 rings (SSSR count). The number of benzene rings is 2. The van der Waals surface area contributed by atoms with Gasteiger partial charge in [0.1, 0.15) is 11.3 Å². The molecule has 0 aliphatic rings. The van der Waals surface area contributed by atoms with E-state index in [2.05, 4.69) is 58.0 Å². The van der Waals surface area contributed by atoms with Gasteiger partial charge in [-0.3, -0.25) is 0 Å². The number of unbranched alkanes of at least 4 members (excludes halogenated alkanes) is 1. The highest BCUT2D eigenvalue weighted by Gasteiger charge is 2.19. The number of hydrogen-bond acceptors (Lipinski definition) is 5. The van der Waals surface area contributed by atoms with E-state index in [-0.39, 0.29) is 5.97 Å². The molecule has 0 saturated heterocycles. The Bertz CT molecular complexity index is 1500. The maximum absolute atomic E-state index is 12.1. The normalized spacial score (nSPS) is 11.3. The third-order valence-electron chi connectivity index (χ3n) is 6.56. The summed E-state index contributed by atoms with van der Waals surface area (Å²) in [5, 5.41) is 4.18. The Morgan fingerprint density at radius 2 is 1.72 bits per heavy atom. The number of carbonyl (C=O) groups excluding carboxylic acids is 1. The highest BCUT2D eigenvalue weighted by molar-refractivity contribution is 6.08. The Balaban J connectivity index is 1.60. The molecule has 184 valence electrons. The molecule has 3 aromatic heterocycles. The van der Waals surface area contributed by atoms with Gasteiger partial charge < -0.3 is 19.2 Å².